The summed E-state index contributed by atoms with van der Waals surface area (Å²) in [5.74, 6) is 0.910. The van der Waals surface area contributed by atoms with Gasteiger partial charge in [-0.15, -0.1) is 10.2 Å². The molecule has 2 heterocycles. The smallest absolute Gasteiger partial charge is 0.262 e. The molecular weight excluding hydrogens is 446 g/mol. The van der Waals surface area contributed by atoms with Gasteiger partial charge in [0.1, 0.15) is 0 Å². The fraction of sp³-hybridized carbons (Fsp3) is 0.304. The van der Waals surface area contributed by atoms with Crippen LogP contribution in [0.25, 0.3) is 16.7 Å². The van der Waals surface area contributed by atoms with Crippen LogP contribution in [0.2, 0.25) is 5.02 Å². The van der Waals surface area contributed by atoms with E-state index in [0.717, 1.165) is 17.5 Å². The van der Waals surface area contributed by atoms with E-state index < -0.39 is 0 Å². The van der Waals surface area contributed by atoms with E-state index in [1.165, 1.54) is 11.8 Å². The molecule has 1 N–H and O–H groups in total. The fourth-order valence-corrected chi connectivity index (χ4v) is 4.39. The molecule has 1 amide bonds. The van der Waals surface area contributed by atoms with Gasteiger partial charge in [-0.05, 0) is 49.1 Å². The van der Waals surface area contributed by atoms with Crippen molar-refractivity contribution in [3.8, 4) is 0 Å². The van der Waals surface area contributed by atoms with E-state index in [4.69, 9.17) is 11.6 Å². The van der Waals surface area contributed by atoms with Crippen molar-refractivity contribution in [2.45, 2.75) is 38.9 Å². The van der Waals surface area contributed by atoms with Crippen LogP contribution in [0, 0.1) is 12.8 Å². The first-order chi connectivity index (χ1) is 15.4. The number of hydrogen-bond donors (Lipinski definition) is 1. The van der Waals surface area contributed by atoms with Gasteiger partial charge < -0.3 is 5.32 Å². The van der Waals surface area contributed by atoms with Gasteiger partial charge in [0, 0.05) is 17.3 Å². The fourth-order valence-electron chi connectivity index (χ4n) is 3.48. The van der Waals surface area contributed by atoms with Gasteiger partial charge in [0.25, 0.3) is 5.56 Å². The quantitative estimate of drug-likeness (QED) is 0.394. The molecule has 2 aromatic heterocycles. The first kappa shape index (κ1) is 22.4. The molecule has 4 rings (SSSR count). The Morgan fingerprint density at radius 1 is 1.16 bits per heavy atom. The second-order valence-electron chi connectivity index (χ2n) is 8.02. The van der Waals surface area contributed by atoms with Crippen LogP contribution in [0.3, 0.4) is 0 Å². The maximum Gasteiger partial charge on any atom is 0.262 e. The number of thioether (sulfide) groups is 1. The number of carbonyl (C=O) groups is 1. The summed E-state index contributed by atoms with van der Waals surface area (Å²) < 4.78 is 3.54. The average molecular weight is 470 g/mol. The predicted molar refractivity (Wildman–Crippen MR) is 130 cm³/mol. The number of aromatic nitrogens is 4. The number of nitrogens with zero attached hydrogens (tertiary/aromatic N) is 4. The third kappa shape index (κ3) is 4.38. The van der Waals surface area contributed by atoms with Crippen molar-refractivity contribution in [1.29, 1.82) is 0 Å². The van der Waals surface area contributed by atoms with Gasteiger partial charge in [-0.25, -0.2) is 0 Å². The number of anilines is 1. The lowest BCUT2D eigenvalue weighted by Gasteiger charge is -2.12. The summed E-state index contributed by atoms with van der Waals surface area (Å²) in [5.41, 5.74) is 2.15. The minimum Gasteiger partial charge on any atom is -0.325 e. The number of aryl methyl sites for hydroxylation is 1. The number of para-hydroxylation sites is 1. The van der Waals surface area contributed by atoms with Crippen molar-refractivity contribution in [3.63, 3.8) is 0 Å². The van der Waals surface area contributed by atoms with Gasteiger partial charge in [-0.2, -0.15) is 0 Å². The molecule has 32 heavy (non-hydrogen) atoms. The summed E-state index contributed by atoms with van der Waals surface area (Å²) in [6.45, 7) is 6.66. The molecule has 0 unspecified atom stereocenters. The molecule has 166 valence electrons. The van der Waals surface area contributed by atoms with Gasteiger partial charge in [0.2, 0.25) is 11.7 Å². The summed E-state index contributed by atoms with van der Waals surface area (Å²) in [5, 5.41) is 13.3. The largest absolute Gasteiger partial charge is 0.325 e. The lowest BCUT2D eigenvalue weighted by Crippen LogP contribution is -2.24. The summed E-state index contributed by atoms with van der Waals surface area (Å²) in [6.07, 6.45) is 0.852. The van der Waals surface area contributed by atoms with Crippen molar-refractivity contribution in [2.75, 3.05) is 11.1 Å². The van der Waals surface area contributed by atoms with E-state index in [9.17, 15) is 9.59 Å². The number of benzene rings is 2. The van der Waals surface area contributed by atoms with E-state index in [0.29, 0.717) is 39.5 Å². The maximum absolute atomic E-state index is 13.1. The minimum atomic E-state index is -0.172. The van der Waals surface area contributed by atoms with Gasteiger partial charge >= 0.3 is 0 Å². The van der Waals surface area contributed by atoms with Gasteiger partial charge in [0.15, 0.2) is 5.16 Å². The van der Waals surface area contributed by atoms with Crippen LogP contribution in [-0.4, -0.2) is 30.8 Å². The molecule has 7 nitrogen and oxygen atoms in total. The topological polar surface area (TPSA) is 81.3 Å². The molecule has 0 aliphatic carbocycles. The molecule has 0 spiro atoms. The number of amides is 1. The Bertz CT molecular complexity index is 1360. The zero-order valence-corrected chi connectivity index (χ0v) is 19.7. The summed E-state index contributed by atoms with van der Waals surface area (Å²) in [4.78, 5) is 25.7. The van der Waals surface area contributed by atoms with Crippen LogP contribution in [-0.2, 0) is 11.3 Å². The molecule has 2 aromatic carbocycles. The van der Waals surface area contributed by atoms with E-state index in [-0.39, 0.29) is 17.2 Å². The molecule has 0 atom stereocenters. The Morgan fingerprint density at radius 3 is 2.72 bits per heavy atom. The lowest BCUT2D eigenvalue weighted by atomic mass is 10.1. The molecule has 0 saturated carbocycles. The van der Waals surface area contributed by atoms with Gasteiger partial charge in [-0.1, -0.05) is 55.4 Å². The highest BCUT2D eigenvalue weighted by Crippen LogP contribution is 2.25. The van der Waals surface area contributed by atoms with E-state index in [1.807, 2.05) is 41.7 Å². The summed E-state index contributed by atoms with van der Waals surface area (Å²) in [7, 11) is 0. The SMILES string of the molecule is Cc1c(Cl)cccc1NC(=O)CSc1nnc2n(CCC(C)C)c(=O)c3ccccc3n12. The highest BCUT2D eigenvalue weighted by molar-refractivity contribution is 7.99. The van der Waals surface area contributed by atoms with Crippen LogP contribution in [0.15, 0.2) is 52.4 Å². The Labute approximate surface area is 194 Å². The molecule has 0 saturated heterocycles. The van der Waals surface area contributed by atoms with Gasteiger partial charge in [-0.3, -0.25) is 18.6 Å². The highest BCUT2D eigenvalue weighted by atomic mass is 35.5. The molecule has 0 bridgehead atoms. The Kier molecular flexibility index (Phi) is 6.53. The molecule has 4 aromatic rings. The molecule has 9 heteroatoms. The van der Waals surface area contributed by atoms with Crippen LogP contribution < -0.4 is 10.9 Å². The van der Waals surface area contributed by atoms with Crippen molar-refractivity contribution in [2.24, 2.45) is 5.92 Å². The third-order valence-electron chi connectivity index (χ3n) is 5.28. The first-order valence-corrected chi connectivity index (χ1v) is 11.8. The zero-order chi connectivity index (χ0) is 22.8. The number of nitrogens with one attached hydrogen (secondary N) is 1. The normalized spacial score (nSPS) is 11.5. The van der Waals surface area contributed by atoms with Crippen LogP contribution in [0.4, 0.5) is 5.69 Å². The van der Waals surface area contributed by atoms with Crippen LogP contribution >= 0.6 is 23.4 Å². The Hall–Kier alpha value is -2.84. The highest BCUT2D eigenvalue weighted by Gasteiger charge is 2.18. The second kappa shape index (κ2) is 9.34. The summed E-state index contributed by atoms with van der Waals surface area (Å²) >= 11 is 7.42. The van der Waals surface area contributed by atoms with E-state index >= 15 is 0 Å². The van der Waals surface area contributed by atoms with E-state index in [2.05, 4.69) is 29.4 Å². The Morgan fingerprint density at radius 2 is 1.94 bits per heavy atom. The van der Waals surface area contributed by atoms with Crippen LogP contribution in [0.5, 0.6) is 0 Å². The van der Waals surface area contributed by atoms with Crippen molar-refractivity contribution in [3.05, 3.63) is 63.4 Å². The summed E-state index contributed by atoms with van der Waals surface area (Å²) in [6, 6.07) is 12.8. The molecule has 0 radical (unpaired) electrons. The number of halogens is 1. The predicted octanol–water partition coefficient (Wildman–Crippen LogP) is 4.78. The Balaban J connectivity index is 1.65. The van der Waals surface area contributed by atoms with Crippen LogP contribution in [0.1, 0.15) is 25.8 Å². The maximum atomic E-state index is 13.1. The standard InChI is InChI=1S/C23H24ClN5O2S/c1-14(2)11-12-28-21(31)16-7-4-5-10-19(16)29-22(28)26-27-23(29)32-13-20(30)25-18-9-6-8-17(24)15(18)3/h4-10,14H,11-13H2,1-3H3,(H,25,30). The first-order valence-electron chi connectivity index (χ1n) is 10.4. The molecule has 0 fully saturated rings. The zero-order valence-electron chi connectivity index (χ0n) is 18.1. The van der Waals surface area contributed by atoms with Crippen molar-refractivity contribution < 1.29 is 4.79 Å². The molecular formula is C23H24ClN5O2S. The third-order valence-corrected chi connectivity index (χ3v) is 6.62. The minimum absolute atomic E-state index is 0.0770. The number of carbonyl (C=O) groups excluding carboxylic acids is 1. The van der Waals surface area contributed by atoms with E-state index in [1.54, 1.807) is 16.7 Å². The average Bonchev–Trinajstić information content (AvgIpc) is 3.19. The number of fused-ring (bicyclic) bond motifs is 3. The monoisotopic (exact) mass is 469 g/mol. The van der Waals surface area contributed by atoms with Gasteiger partial charge in [0.05, 0.1) is 16.7 Å². The molecule has 0 aliphatic heterocycles. The van der Waals surface area contributed by atoms with Crippen molar-refractivity contribution >= 4 is 51.6 Å². The number of hydrogen-bond acceptors (Lipinski definition) is 5. The number of rotatable bonds is 7. The van der Waals surface area contributed by atoms with Crippen molar-refractivity contribution in [1.82, 2.24) is 19.2 Å². The lowest BCUT2D eigenvalue weighted by molar-refractivity contribution is -0.113. The molecule has 0 aliphatic rings. The second-order valence-corrected chi connectivity index (χ2v) is 9.37.